The highest BCUT2D eigenvalue weighted by Gasteiger charge is 2.14. The molecular weight excluding hydrogens is 274 g/mol. The van der Waals surface area contributed by atoms with E-state index >= 15 is 0 Å². The molecule has 0 bridgehead atoms. The Hall–Kier alpha value is -1.84. The van der Waals surface area contributed by atoms with Crippen LogP contribution in [0.15, 0.2) is 24.4 Å². The Labute approximate surface area is 133 Å². The Morgan fingerprint density at radius 3 is 2.50 bits per heavy atom. The molecule has 0 spiro atoms. The zero-order chi connectivity index (χ0) is 16.1. The molecule has 0 aliphatic heterocycles. The summed E-state index contributed by atoms with van der Waals surface area (Å²) < 4.78 is 5.97. The summed E-state index contributed by atoms with van der Waals surface area (Å²) in [6.07, 6.45) is 2.68. The van der Waals surface area contributed by atoms with Crippen molar-refractivity contribution in [3.05, 3.63) is 41.2 Å². The highest BCUT2D eigenvalue weighted by molar-refractivity contribution is 5.40. The van der Waals surface area contributed by atoms with E-state index in [9.17, 15) is 0 Å². The number of nitrogens with one attached hydrogen (secondary N) is 1. The van der Waals surface area contributed by atoms with E-state index in [1.54, 1.807) is 6.20 Å². The minimum atomic E-state index is 0.404. The second-order valence-corrected chi connectivity index (χ2v) is 6.72. The molecule has 1 atom stereocenters. The fourth-order valence-corrected chi connectivity index (χ4v) is 2.47. The summed E-state index contributed by atoms with van der Waals surface area (Å²) in [5, 5.41) is 10.7. The van der Waals surface area contributed by atoms with Crippen LogP contribution in [0, 0.1) is 5.92 Å². The van der Waals surface area contributed by atoms with Gasteiger partial charge in [0.25, 0.3) is 0 Å². The quantitative estimate of drug-likeness (QED) is 0.829. The zero-order valence-corrected chi connectivity index (χ0v) is 14.3. The second kappa shape index (κ2) is 7.43. The topological polar surface area (TPSA) is 50.8 Å². The van der Waals surface area contributed by atoms with Crippen molar-refractivity contribution in [2.24, 2.45) is 5.92 Å². The van der Waals surface area contributed by atoms with Crippen molar-refractivity contribution >= 4 is 0 Å². The van der Waals surface area contributed by atoms with Crippen LogP contribution in [0.2, 0.25) is 0 Å². The highest BCUT2D eigenvalue weighted by atomic mass is 16.5. The van der Waals surface area contributed by atoms with Crippen molar-refractivity contribution in [2.45, 2.75) is 52.9 Å². The maximum Gasteiger partial charge on any atom is 0.122 e. The Morgan fingerprint density at radius 2 is 1.91 bits per heavy atom. The first-order valence-electron chi connectivity index (χ1n) is 8.08. The lowest BCUT2D eigenvalue weighted by Gasteiger charge is -2.19. The van der Waals surface area contributed by atoms with Gasteiger partial charge in [0.15, 0.2) is 0 Å². The highest BCUT2D eigenvalue weighted by Crippen LogP contribution is 2.31. The van der Waals surface area contributed by atoms with Gasteiger partial charge in [-0.25, -0.2) is 0 Å². The van der Waals surface area contributed by atoms with Crippen LogP contribution in [0.4, 0.5) is 0 Å². The molecule has 2 rings (SSSR count). The predicted molar refractivity (Wildman–Crippen MR) is 89.4 cm³/mol. The van der Waals surface area contributed by atoms with Crippen LogP contribution in [-0.2, 0) is 6.42 Å². The van der Waals surface area contributed by atoms with E-state index in [1.807, 2.05) is 0 Å². The first-order valence-corrected chi connectivity index (χ1v) is 8.08. The van der Waals surface area contributed by atoms with E-state index < -0.39 is 0 Å². The van der Waals surface area contributed by atoms with Crippen LogP contribution >= 0.6 is 0 Å². The fraction of sp³-hybridized carbons (Fsp3) is 0.556. The number of hydrogen-bond donors (Lipinski definition) is 1. The molecule has 120 valence electrons. The Kier molecular flexibility index (Phi) is 5.58. The molecule has 4 heteroatoms. The molecule has 1 heterocycles. The van der Waals surface area contributed by atoms with Gasteiger partial charge in [-0.2, -0.15) is 15.4 Å². The number of hydrogen-bond acceptors (Lipinski definition) is 3. The van der Waals surface area contributed by atoms with E-state index in [0.717, 1.165) is 24.5 Å². The van der Waals surface area contributed by atoms with E-state index in [4.69, 9.17) is 4.74 Å². The molecule has 2 aromatic rings. The minimum Gasteiger partial charge on any atom is -0.493 e. The molecule has 0 amide bonds. The predicted octanol–water partition coefficient (Wildman–Crippen LogP) is 4.31. The second-order valence-electron chi connectivity index (χ2n) is 6.72. The third-order valence-corrected chi connectivity index (χ3v) is 3.78. The van der Waals surface area contributed by atoms with Crippen LogP contribution in [-0.4, -0.2) is 22.0 Å². The largest absolute Gasteiger partial charge is 0.493 e. The number of aromatic nitrogens is 3. The molecule has 0 saturated heterocycles. The molecule has 0 fully saturated rings. The lowest BCUT2D eigenvalue weighted by molar-refractivity contribution is 0.267. The molecule has 1 aromatic carbocycles. The van der Waals surface area contributed by atoms with Gasteiger partial charge in [0, 0.05) is 0 Å². The monoisotopic (exact) mass is 301 g/mol. The van der Waals surface area contributed by atoms with Crippen LogP contribution in [0.1, 0.15) is 63.3 Å². The van der Waals surface area contributed by atoms with E-state index in [0.29, 0.717) is 17.8 Å². The number of benzene rings is 1. The third-order valence-electron chi connectivity index (χ3n) is 3.78. The van der Waals surface area contributed by atoms with Crippen molar-refractivity contribution in [1.29, 1.82) is 0 Å². The number of aromatic amines is 1. The van der Waals surface area contributed by atoms with Crippen LogP contribution in [0.5, 0.6) is 5.75 Å². The Balaban J connectivity index is 2.17. The van der Waals surface area contributed by atoms with Gasteiger partial charge in [0.05, 0.1) is 18.5 Å². The summed E-state index contributed by atoms with van der Waals surface area (Å²) in [5.74, 6) is 2.40. The summed E-state index contributed by atoms with van der Waals surface area (Å²) >= 11 is 0. The van der Waals surface area contributed by atoms with E-state index in [2.05, 4.69) is 68.2 Å². The average Bonchev–Trinajstić information content (AvgIpc) is 2.97. The molecule has 0 aliphatic carbocycles. The number of rotatable bonds is 7. The summed E-state index contributed by atoms with van der Waals surface area (Å²) in [7, 11) is 0. The lowest BCUT2D eigenvalue weighted by Crippen LogP contribution is -2.08. The molecule has 0 aliphatic rings. The Morgan fingerprint density at radius 1 is 1.14 bits per heavy atom. The molecule has 0 saturated carbocycles. The van der Waals surface area contributed by atoms with Crippen molar-refractivity contribution in [3.63, 3.8) is 0 Å². The van der Waals surface area contributed by atoms with Gasteiger partial charge < -0.3 is 4.74 Å². The molecule has 22 heavy (non-hydrogen) atoms. The van der Waals surface area contributed by atoms with Gasteiger partial charge in [-0.1, -0.05) is 46.8 Å². The lowest BCUT2D eigenvalue weighted by atomic mass is 9.91. The van der Waals surface area contributed by atoms with Crippen LogP contribution in [0.25, 0.3) is 0 Å². The summed E-state index contributed by atoms with van der Waals surface area (Å²) in [6, 6.07) is 6.57. The number of H-pyrrole nitrogens is 1. The zero-order valence-electron chi connectivity index (χ0n) is 14.3. The standard InChI is InChI=1S/C18H27N3O/c1-12(2)11-22-18-7-6-15(9-17(18)13(3)4)14(5)8-16-10-19-21-20-16/h6-7,9-10,12-14H,8,11H2,1-5H3,(H,19,20,21). The molecule has 4 nitrogen and oxygen atoms in total. The third kappa shape index (κ3) is 4.33. The van der Waals surface area contributed by atoms with E-state index in [-0.39, 0.29) is 0 Å². The molecule has 0 radical (unpaired) electrons. The minimum absolute atomic E-state index is 0.404. The first-order chi connectivity index (χ1) is 10.5. The first kappa shape index (κ1) is 16.5. The fourth-order valence-electron chi connectivity index (χ4n) is 2.47. The molecule has 1 aromatic heterocycles. The maximum atomic E-state index is 5.97. The van der Waals surface area contributed by atoms with Gasteiger partial charge in [-0.3, -0.25) is 0 Å². The summed E-state index contributed by atoms with van der Waals surface area (Å²) in [5.41, 5.74) is 3.60. The van der Waals surface area contributed by atoms with Crippen LogP contribution in [0.3, 0.4) is 0 Å². The molecular formula is C18H27N3O. The normalized spacial score (nSPS) is 12.9. The number of ether oxygens (including phenoxy) is 1. The van der Waals surface area contributed by atoms with Crippen molar-refractivity contribution in [1.82, 2.24) is 15.4 Å². The van der Waals surface area contributed by atoms with Gasteiger partial charge in [0.1, 0.15) is 5.75 Å². The SMILES string of the molecule is CC(C)COc1ccc(C(C)Cc2cn[nH]n2)cc1C(C)C. The molecule has 1 unspecified atom stereocenters. The van der Waals surface area contributed by atoms with Gasteiger partial charge in [-0.05, 0) is 41.4 Å². The summed E-state index contributed by atoms with van der Waals surface area (Å²) in [4.78, 5) is 0. The molecule has 1 N–H and O–H groups in total. The van der Waals surface area contributed by atoms with Crippen molar-refractivity contribution in [3.8, 4) is 5.75 Å². The van der Waals surface area contributed by atoms with Crippen molar-refractivity contribution in [2.75, 3.05) is 6.61 Å². The van der Waals surface area contributed by atoms with E-state index in [1.165, 1.54) is 11.1 Å². The van der Waals surface area contributed by atoms with Gasteiger partial charge in [0.2, 0.25) is 0 Å². The van der Waals surface area contributed by atoms with Crippen molar-refractivity contribution < 1.29 is 4.74 Å². The smallest absolute Gasteiger partial charge is 0.122 e. The van der Waals surface area contributed by atoms with Crippen LogP contribution < -0.4 is 4.74 Å². The average molecular weight is 301 g/mol. The Bertz CT molecular complexity index is 576. The summed E-state index contributed by atoms with van der Waals surface area (Å²) in [6.45, 7) is 11.7. The van der Waals surface area contributed by atoms with Gasteiger partial charge >= 0.3 is 0 Å². The van der Waals surface area contributed by atoms with Gasteiger partial charge in [-0.15, -0.1) is 0 Å². The maximum absolute atomic E-state index is 5.97. The number of nitrogens with zero attached hydrogens (tertiary/aromatic N) is 2.